The number of urea groups is 1. The Labute approximate surface area is 235 Å². The number of aliphatic hydroxyl groups is 2. The van der Waals surface area contributed by atoms with E-state index in [-0.39, 0.29) is 29.2 Å². The fourth-order valence-electron chi connectivity index (χ4n) is 5.20. The Bertz CT molecular complexity index is 1290. The summed E-state index contributed by atoms with van der Waals surface area (Å²) in [6, 6.07) is 7.59. The van der Waals surface area contributed by atoms with Crippen molar-refractivity contribution in [2.24, 2.45) is 5.92 Å². The summed E-state index contributed by atoms with van der Waals surface area (Å²) in [7, 11) is 1.93. The van der Waals surface area contributed by atoms with Gasteiger partial charge in [-0.05, 0) is 42.5 Å². The van der Waals surface area contributed by atoms with Crippen LogP contribution in [0.15, 0.2) is 36.9 Å². The van der Waals surface area contributed by atoms with E-state index < -0.39 is 24.5 Å². The van der Waals surface area contributed by atoms with Crippen LogP contribution >= 0.6 is 0 Å². The first-order valence-electron chi connectivity index (χ1n) is 13.7. The number of ether oxygens (including phenoxy) is 1. The largest absolute Gasteiger partial charge is 0.387 e. The normalized spacial score (nSPS) is 22.9. The predicted molar refractivity (Wildman–Crippen MR) is 154 cm³/mol. The van der Waals surface area contributed by atoms with Crippen molar-refractivity contribution in [3.05, 3.63) is 42.5 Å². The van der Waals surface area contributed by atoms with Gasteiger partial charge in [0.1, 0.15) is 30.2 Å². The lowest BCUT2D eigenvalue weighted by atomic mass is 9.87. The van der Waals surface area contributed by atoms with E-state index in [4.69, 9.17) is 10.5 Å². The Hall–Kier alpha value is -3.32. The molecule has 1 unspecified atom stereocenters. The molecule has 3 aromatic rings. The molecule has 218 valence electrons. The van der Waals surface area contributed by atoms with E-state index in [1.54, 1.807) is 4.57 Å². The number of nitrogens with two attached hydrogens (primary N) is 1. The van der Waals surface area contributed by atoms with Crippen LogP contribution in [0.2, 0.25) is 0 Å². The summed E-state index contributed by atoms with van der Waals surface area (Å²) in [6.07, 6.45) is -0.219. The fourth-order valence-corrected chi connectivity index (χ4v) is 5.20. The molecule has 2 amide bonds. The van der Waals surface area contributed by atoms with Crippen molar-refractivity contribution < 1.29 is 19.7 Å². The second-order valence-electron chi connectivity index (χ2n) is 11.8. The molecule has 1 aliphatic heterocycles. The van der Waals surface area contributed by atoms with Crippen LogP contribution in [0.25, 0.3) is 11.2 Å². The van der Waals surface area contributed by atoms with Gasteiger partial charge in [0.05, 0.1) is 6.33 Å². The molecular formula is C28H42N8O4. The summed E-state index contributed by atoms with van der Waals surface area (Å²) in [6.45, 7) is 11.6. The number of carbonyl (C=O) groups is 1. The number of benzene rings is 1. The number of nitrogen functional groups attached to an aromatic ring is 1. The second-order valence-corrected chi connectivity index (χ2v) is 11.8. The van der Waals surface area contributed by atoms with Crippen LogP contribution in [-0.2, 0) is 10.2 Å². The SMILES string of the molecule is CCC(NC(=O)Nc1ccc(C(C)(C)C)cc1)[C@H](C)CN(C)C[C@H]1O[C@@H](n2cnc3c(N)ncnc32)[C@H](O)[C@H]1O. The number of hydrogen-bond acceptors (Lipinski definition) is 9. The smallest absolute Gasteiger partial charge is 0.319 e. The monoisotopic (exact) mass is 554 g/mol. The van der Waals surface area contributed by atoms with Gasteiger partial charge in [0.2, 0.25) is 0 Å². The lowest BCUT2D eigenvalue weighted by molar-refractivity contribution is -0.0431. The number of likely N-dealkylation sites (N-methyl/N-ethyl adjacent to an activating group) is 1. The highest BCUT2D eigenvalue weighted by atomic mass is 16.6. The zero-order valence-electron chi connectivity index (χ0n) is 24.1. The van der Waals surface area contributed by atoms with E-state index in [9.17, 15) is 15.0 Å². The van der Waals surface area contributed by atoms with Crippen LogP contribution < -0.4 is 16.4 Å². The Morgan fingerprint density at radius 3 is 2.52 bits per heavy atom. The number of anilines is 2. The summed E-state index contributed by atoms with van der Waals surface area (Å²) in [4.78, 5) is 27.1. The first kappa shape index (κ1) is 29.7. The van der Waals surface area contributed by atoms with Gasteiger partial charge >= 0.3 is 6.03 Å². The van der Waals surface area contributed by atoms with Crippen molar-refractivity contribution in [1.82, 2.24) is 29.7 Å². The minimum absolute atomic E-state index is 0.0471. The van der Waals surface area contributed by atoms with E-state index in [2.05, 4.69) is 53.3 Å². The van der Waals surface area contributed by atoms with E-state index >= 15 is 0 Å². The number of amides is 2. The molecule has 0 spiro atoms. The zero-order valence-corrected chi connectivity index (χ0v) is 24.1. The number of aromatic nitrogens is 4. The maximum absolute atomic E-state index is 12.7. The van der Waals surface area contributed by atoms with Crippen molar-refractivity contribution in [3.8, 4) is 0 Å². The van der Waals surface area contributed by atoms with Gasteiger partial charge in [-0.1, -0.05) is 46.8 Å². The summed E-state index contributed by atoms with van der Waals surface area (Å²) < 4.78 is 7.64. The van der Waals surface area contributed by atoms with Gasteiger partial charge in [-0.2, -0.15) is 0 Å². The number of carbonyl (C=O) groups excluding carboxylic acids is 1. The molecule has 0 saturated carbocycles. The average Bonchev–Trinajstić information content (AvgIpc) is 3.44. The minimum atomic E-state index is -1.17. The molecule has 3 heterocycles. The second kappa shape index (κ2) is 12.0. The molecule has 1 saturated heterocycles. The molecule has 40 heavy (non-hydrogen) atoms. The maximum atomic E-state index is 12.7. The molecule has 6 atom stereocenters. The number of hydrogen-bond donors (Lipinski definition) is 5. The van der Waals surface area contributed by atoms with Crippen LogP contribution in [0.5, 0.6) is 0 Å². The highest BCUT2D eigenvalue weighted by Crippen LogP contribution is 2.32. The molecule has 0 aliphatic carbocycles. The number of nitrogens with one attached hydrogen (secondary N) is 2. The molecular weight excluding hydrogens is 512 g/mol. The molecule has 1 aliphatic rings. The molecule has 12 heteroatoms. The Morgan fingerprint density at radius 2 is 1.88 bits per heavy atom. The van der Waals surface area contributed by atoms with Crippen molar-refractivity contribution in [2.75, 3.05) is 31.2 Å². The lowest BCUT2D eigenvalue weighted by Gasteiger charge is -2.30. The summed E-state index contributed by atoms with van der Waals surface area (Å²) in [5, 5.41) is 27.5. The van der Waals surface area contributed by atoms with Crippen molar-refractivity contribution in [2.45, 2.75) is 77.0 Å². The van der Waals surface area contributed by atoms with Gasteiger partial charge in [0.15, 0.2) is 17.7 Å². The Balaban J connectivity index is 1.31. The molecule has 0 bridgehead atoms. The van der Waals surface area contributed by atoms with Crippen molar-refractivity contribution in [3.63, 3.8) is 0 Å². The van der Waals surface area contributed by atoms with Crippen LogP contribution in [0.1, 0.15) is 52.8 Å². The number of aliphatic hydroxyl groups excluding tert-OH is 2. The van der Waals surface area contributed by atoms with Gasteiger partial charge < -0.3 is 36.2 Å². The Morgan fingerprint density at radius 1 is 1.18 bits per heavy atom. The van der Waals surface area contributed by atoms with Crippen LogP contribution in [0.4, 0.5) is 16.3 Å². The number of imidazole rings is 1. The number of nitrogens with zero attached hydrogens (tertiary/aromatic N) is 5. The molecule has 12 nitrogen and oxygen atoms in total. The maximum Gasteiger partial charge on any atom is 0.319 e. The van der Waals surface area contributed by atoms with Gasteiger partial charge in [-0.25, -0.2) is 19.7 Å². The standard InChI is InChI=1S/C28H42N8O4/c1-7-19(34-27(39)33-18-10-8-17(9-11-18)28(3,4)5)16(2)12-35(6)13-20-22(37)23(38)26(40-20)36-15-32-21-24(29)30-14-31-25(21)36/h8-11,14-16,19-20,22-23,26,37-38H,7,12-13H2,1-6H3,(H2,29,30,31)(H2,33,34,39)/t16-,19?,20-,22+,23-,26-/m1/s1. The average molecular weight is 555 g/mol. The molecule has 6 N–H and O–H groups in total. The van der Waals surface area contributed by atoms with Crippen molar-refractivity contribution in [1.29, 1.82) is 0 Å². The summed E-state index contributed by atoms with van der Waals surface area (Å²) >= 11 is 0. The molecule has 2 aromatic heterocycles. The predicted octanol–water partition coefficient (Wildman–Crippen LogP) is 2.49. The van der Waals surface area contributed by atoms with Gasteiger partial charge in [-0.3, -0.25) is 4.57 Å². The van der Waals surface area contributed by atoms with E-state index in [1.807, 2.05) is 43.1 Å². The minimum Gasteiger partial charge on any atom is -0.387 e. The quantitative estimate of drug-likeness (QED) is 0.267. The lowest BCUT2D eigenvalue weighted by Crippen LogP contribution is -2.46. The summed E-state index contributed by atoms with van der Waals surface area (Å²) in [5.74, 6) is 0.341. The molecule has 1 fully saturated rings. The third-order valence-corrected chi connectivity index (χ3v) is 7.54. The van der Waals surface area contributed by atoms with E-state index in [0.29, 0.717) is 24.3 Å². The number of fused-ring (bicyclic) bond motifs is 1. The summed E-state index contributed by atoms with van der Waals surface area (Å²) in [5.41, 5.74) is 8.70. The Kier molecular flexibility index (Phi) is 8.93. The van der Waals surface area contributed by atoms with Crippen LogP contribution in [0.3, 0.4) is 0 Å². The first-order valence-corrected chi connectivity index (χ1v) is 13.7. The van der Waals surface area contributed by atoms with Crippen molar-refractivity contribution >= 4 is 28.7 Å². The third kappa shape index (κ3) is 6.52. The highest BCUT2D eigenvalue weighted by molar-refractivity contribution is 5.89. The van der Waals surface area contributed by atoms with Crippen LogP contribution in [-0.4, -0.2) is 85.2 Å². The first-order chi connectivity index (χ1) is 18.9. The van der Waals surface area contributed by atoms with Crippen LogP contribution in [0, 0.1) is 5.92 Å². The van der Waals surface area contributed by atoms with Gasteiger partial charge in [0.25, 0.3) is 0 Å². The van der Waals surface area contributed by atoms with Gasteiger partial charge in [0, 0.05) is 24.8 Å². The zero-order chi connectivity index (χ0) is 29.2. The molecule has 0 radical (unpaired) electrons. The fraction of sp³-hybridized carbons (Fsp3) is 0.571. The highest BCUT2D eigenvalue weighted by Gasteiger charge is 2.44. The van der Waals surface area contributed by atoms with E-state index in [1.165, 1.54) is 18.2 Å². The number of rotatable bonds is 9. The molecule has 4 rings (SSSR count). The third-order valence-electron chi connectivity index (χ3n) is 7.54. The van der Waals surface area contributed by atoms with Gasteiger partial charge in [-0.15, -0.1) is 0 Å². The van der Waals surface area contributed by atoms with E-state index in [0.717, 1.165) is 12.1 Å². The topological polar surface area (TPSA) is 164 Å². The molecule has 1 aromatic carbocycles.